The zero-order valence-electron chi connectivity index (χ0n) is 9.78. The van der Waals surface area contributed by atoms with Crippen LogP contribution < -0.4 is 5.73 Å². The maximum atomic E-state index is 5.35. The highest BCUT2D eigenvalue weighted by Gasteiger charge is 2.15. The van der Waals surface area contributed by atoms with E-state index in [2.05, 4.69) is 11.9 Å². The molecule has 1 heterocycles. The van der Waals surface area contributed by atoms with Crippen molar-refractivity contribution in [1.82, 2.24) is 4.90 Å². The molecule has 2 N–H and O–H groups in total. The Bertz CT molecular complexity index is 150. The van der Waals surface area contributed by atoms with Crippen LogP contribution in [0.3, 0.4) is 0 Å². The molecule has 0 aromatic rings. The minimum Gasteiger partial charge on any atom is -0.381 e. The third kappa shape index (κ3) is 6.10. The standard InChI is InChI=1S/C11H24N2O2/c1-13(5-9-15-8-4-12)10-11-2-6-14-7-3-11/h11H,2-10,12H2,1H3. The van der Waals surface area contributed by atoms with E-state index < -0.39 is 0 Å². The Labute approximate surface area is 92.7 Å². The minimum absolute atomic E-state index is 0.615. The van der Waals surface area contributed by atoms with Crippen LogP contribution in [0.15, 0.2) is 0 Å². The number of nitrogens with zero attached hydrogens (tertiary/aromatic N) is 1. The third-order valence-corrected chi connectivity index (χ3v) is 2.79. The Kier molecular flexibility index (Phi) is 6.92. The fraction of sp³-hybridized carbons (Fsp3) is 1.00. The molecule has 1 fully saturated rings. The average Bonchev–Trinajstić information content (AvgIpc) is 2.26. The number of hydrogen-bond donors (Lipinski definition) is 1. The number of nitrogens with two attached hydrogens (primary N) is 1. The normalized spacial score (nSPS) is 18.6. The molecule has 90 valence electrons. The van der Waals surface area contributed by atoms with E-state index in [9.17, 15) is 0 Å². The van der Waals surface area contributed by atoms with E-state index in [0.717, 1.165) is 38.8 Å². The molecular formula is C11H24N2O2. The van der Waals surface area contributed by atoms with E-state index in [0.29, 0.717) is 13.2 Å². The number of likely N-dealkylation sites (N-methyl/N-ethyl adjacent to an activating group) is 1. The molecular weight excluding hydrogens is 192 g/mol. The largest absolute Gasteiger partial charge is 0.381 e. The maximum absolute atomic E-state index is 5.35. The van der Waals surface area contributed by atoms with Gasteiger partial charge < -0.3 is 20.1 Å². The molecule has 0 amide bonds. The molecule has 0 aromatic heterocycles. The van der Waals surface area contributed by atoms with Gasteiger partial charge in [0.15, 0.2) is 0 Å². The lowest BCUT2D eigenvalue weighted by Crippen LogP contribution is -2.32. The lowest BCUT2D eigenvalue weighted by atomic mass is 10.00. The van der Waals surface area contributed by atoms with Gasteiger partial charge in [-0.15, -0.1) is 0 Å². The molecule has 1 aliphatic heterocycles. The highest BCUT2D eigenvalue weighted by Crippen LogP contribution is 2.15. The van der Waals surface area contributed by atoms with E-state index in [-0.39, 0.29) is 0 Å². The molecule has 0 aliphatic carbocycles. The van der Waals surface area contributed by atoms with Crippen molar-refractivity contribution in [2.45, 2.75) is 12.8 Å². The van der Waals surface area contributed by atoms with Crippen LogP contribution in [0.2, 0.25) is 0 Å². The first-order chi connectivity index (χ1) is 7.33. The molecule has 0 atom stereocenters. The van der Waals surface area contributed by atoms with Crippen LogP contribution in [0.25, 0.3) is 0 Å². The summed E-state index contributed by atoms with van der Waals surface area (Å²) in [6, 6.07) is 0. The fourth-order valence-corrected chi connectivity index (χ4v) is 1.87. The summed E-state index contributed by atoms with van der Waals surface area (Å²) < 4.78 is 10.7. The van der Waals surface area contributed by atoms with E-state index >= 15 is 0 Å². The molecule has 1 saturated heterocycles. The first-order valence-corrected chi connectivity index (χ1v) is 5.87. The van der Waals surface area contributed by atoms with Gasteiger partial charge in [0.2, 0.25) is 0 Å². The summed E-state index contributed by atoms with van der Waals surface area (Å²) in [5.74, 6) is 0.804. The lowest BCUT2D eigenvalue weighted by molar-refractivity contribution is 0.0501. The molecule has 4 nitrogen and oxygen atoms in total. The zero-order chi connectivity index (χ0) is 10.9. The fourth-order valence-electron chi connectivity index (χ4n) is 1.87. The first kappa shape index (κ1) is 12.9. The summed E-state index contributed by atoms with van der Waals surface area (Å²) in [5, 5.41) is 0. The Balaban J connectivity index is 1.98. The molecule has 0 bridgehead atoms. The summed E-state index contributed by atoms with van der Waals surface area (Å²) in [6.07, 6.45) is 2.40. The highest BCUT2D eigenvalue weighted by molar-refractivity contribution is 4.67. The quantitative estimate of drug-likeness (QED) is 0.623. The lowest BCUT2D eigenvalue weighted by Gasteiger charge is -2.26. The average molecular weight is 216 g/mol. The van der Waals surface area contributed by atoms with Gasteiger partial charge in [0.1, 0.15) is 0 Å². The molecule has 1 rings (SSSR count). The smallest absolute Gasteiger partial charge is 0.0593 e. The number of hydrogen-bond acceptors (Lipinski definition) is 4. The highest BCUT2D eigenvalue weighted by atomic mass is 16.5. The van der Waals surface area contributed by atoms with Gasteiger partial charge >= 0.3 is 0 Å². The predicted molar refractivity (Wildman–Crippen MR) is 60.9 cm³/mol. The molecule has 4 heteroatoms. The summed E-state index contributed by atoms with van der Waals surface area (Å²) >= 11 is 0. The predicted octanol–water partition coefficient (Wildman–Crippen LogP) is 0.320. The van der Waals surface area contributed by atoms with Crippen molar-refractivity contribution in [3.05, 3.63) is 0 Å². The molecule has 0 saturated carbocycles. The second-order valence-electron chi connectivity index (χ2n) is 4.22. The van der Waals surface area contributed by atoms with Crippen LogP contribution in [0, 0.1) is 5.92 Å². The van der Waals surface area contributed by atoms with Gasteiger partial charge in [0.25, 0.3) is 0 Å². The van der Waals surface area contributed by atoms with Crippen LogP contribution in [0.1, 0.15) is 12.8 Å². The van der Waals surface area contributed by atoms with Crippen molar-refractivity contribution < 1.29 is 9.47 Å². The Morgan fingerprint density at radius 1 is 1.33 bits per heavy atom. The van der Waals surface area contributed by atoms with Crippen LogP contribution in [-0.2, 0) is 9.47 Å². The molecule has 0 spiro atoms. The van der Waals surface area contributed by atoms with Crippen LogP contribution >= 0.6 is 0 Å². The molecule has 0 radical (unpaired) electrons. The molecule has 1 aliphatic rings. The maximum Gasteiger partial charge on any atom is 0.0593 e. The van der Waals surface area contributed by atoms with Crippen molar-refractivity contribution in [1.29, 1.82) is 0 Å². The topological polar surface area (TPSA) is 47.7 Å². The number of rotatable bonds is 7. The minimum atomic E-state index is 0.615. The van der Waals surface area contributed by atoms with Gasteiger partial charge in [-0.2, -0.15) is 0 Å². The van der Waals surface area contributed by atoms with Crippen LogP contribution in [0.4, 0.5) is 0 Å². The van der Waals surface area contributed by atoms with E-state index in [1.165, 1.54) is 12.8 Å². The monoisotopic (exact) mass is 216 g/mol. The first-order valence-electron chi connectivity index (χ1n) is 5.87. The van der Waals surface area contributed by atoms with Crippen molar-refractivity contribution in [3.8, 4) is 0 Å². The Morgan fingerprint density at radius 2 is 2.07 bits per heavy atom. The van der Waals surface area contributed by atoms with Gasteiger partial charge in [0, 0.05) is 32.8 Å². The van der Waals surface area contributed by atoms with E-state index in [1.807, 2.05) is 0 Å². The summed E-state index contributed by atoms with van der Waals surface area (Å²) in [7, 11) is 2.15. The van der Waals surface area contributed by atoms with Crippen LogP contribution in [0.5, 0.6) is 0 Å². The van der Waals surface area contributed by atoms with Crippen molar-refractivity contribution in [3.63, 3.8) is 0 Å². The Hall–Kier alpha value is -0.160. The van der Waals surface area contributed by atoms with E-state index in [1.54, 1.807) is 0 Å². The second kappa shape index (κ2) is 8.05. The van der Waals surface area contributed by atoms with Gasteiger partial charge in [-0.3, -0.25) is 0 Å². The van der Waals surface area contributed by atoms with E-state index in [4.69, 9.17) is 15.2 Å². The zero-order valence-corrected chi connectivity index (χ0v) is 9.78. The molecule has 15 heavy (non-hydrogen) atoms. The van der Waals surface area contributed by atoms with Gasteiger partial charge in [-0.25, -0.2) is 0 Å². The SMILES string of the molecule is CN(CCOCCN)CC1CCOCC1. The van der Waals surface area contributed by atoms with Crippen LogP contribution in [-0.4, -0.2) is 58.0 Å². The van der Waals surface area contributed by atoms with Gasteiger partial charge in [0.05, 0.1) is 13.2 Å². The summed E-state index contributed by atoms with van der Waals surface area (Å²) in [6.45, 7) is 6.10. The van der Waals surface area contributed by atoms with Crippen molar-refractivity contribution in [2.75, 3.05) is 53.1 Å². The summed E-state index contributed by atoms with van der Waals surface area (Å²) in [5.41, 5.74) is 5.34. The third-order valence-electron chi connectivity index (χ3n) is 2.79. The summed E-state index contributed by atoms with van der Waals surface area (Å²) in [4.78, 5) is 2.34. The Morgan fingerprint density at radius 3 is 2.73 bits per heavy atom. The van der Waals surface area contributed by atoms with Crippen molar-refractivity contribution in [2.24, 2.45) is 11.7 Å². The number of ether oxygens (including phenoxy) is 2. The van der Waals surface area contributed by atoms with Gasteiger partial charge in [-0.05, 0) is 25.8 Å². The second-order valence-corrected chi connectivity index (χ2v) is 4.22. The molecule has 0 aromatic carbocycles. The molecule has 0 unspecified atom stereocenters. The van der Waals surface area contributed by atoms with Gasteiger partial charge in [-0.1, -0.05) is 0 Å². The van der Waals surface area contributed by atoms with Crippen molar-refractivity contribution >= 4 is 0 Å².